The molecule has 0 heterocycles. The first-order chi connectivity index (χ1) is 8.81. The zero-order valence-electron chi connectivity index (χ0n) is 12.5. The molecule has 2 fully saturated rings. The molecule has 0 spiro atoms. The lowest BCUT2D eigenvalue weighted by Crippen LogP contribution is -2.46. The van der Waals surface area contributed by atoms with E-state index in [-0.39, 0.29) is 0 Å². The van der Waals surface area contributed by atoms with Crippen LogP contribution in [0, 0.1) is 0 Å². The zero-order chi connectivity index (χ0) is 12.8. The van der Waals surface area contributed by atoms with Crippen molar-refractivity contribution in [3.63, 3.8) is 0 Å². The van der Waals surface area contributed by atoms with Crippen LogP contribution >= 0.6 is 0 Å². The molecule has 0 aliphatic heterocycles. The fourth-order valence-corrected chi connectivity index (χ4v) is 3.97. The van der Waals surface area contributed by atoms with E-state index in [1.807, 2.05) is 0 Å². The first-order valence-corrected chi connectivity index (χ1v) is 8.26. The molecule has 18 heavy (non-hydrogen) atoms. The van der Waals surface area contributed by atoms with Gasteiger partial charge in [-0.15, -0.1) is 0 Å². The summed E-state index contributed by atoms with van der Waals surface area (Å²) in [6.45, 7) is 3.36. The summed E-state index contributed by atoms with van der Waals surface area (Å²) in [5, 5.41) is 3.66. The normalized spacial score (nSPS) is 31.5. The van der Waals surface area contributed by atoms with Gasteiger partial charge < -0.3 is 10.2 Å². The summed E-state index contributed by atoms with van der Waals surface area (Å²) in [4.78, 5) is 2.74. The average Bonchev–Trinajstić information content (AvgIpc) is 2.67. The maximum Gasteiger partial charge on any atom is 0.0110 e. The highest BCUT2D eigenvalue weighted by molar-refractivity contribution is 4.86. The lowest BCUT2D eigenvalue weighted by Gasteiger charge is -2.39. The molecule has 0 radical (unpaired) electrons. The third-order valence-electron chi connectivity index (χ3n) is 5.12. The van der Waals surface area contributed by atoms with E-state index >= 15 is 0 Å². The van der Waals surface area contributed by atoms with Gasteiger partial charge >= 0.3 is 0 Å². The van der Waals surface area contributed by atoms with E-state index in [1.54, 1.807) is 0 Å². The summed E-state index contributed by atoms with van der Waals surface area (Å²) in [5.41, 5.74) is 0. The summed E-state index contributed by atoms with van der Waals surface area (Å²) < 4.78 is 0. The van der Waals surface area contributed by atoms with E-state index in [2.05, 4.69) is 24.2 Å². The van der Waals surface area contributed by atoms with E-state index in [4.69, 9.17) is 0 Å². The number of hydrogen-bond acceptors (Lipinski definition) is 2. The molecule has 2 unspecified atom stereocenters. The smallest absolute Gasteiger partial charge is 0.0110 e. The van der Waals surface area contributed by atoms with Gasteiger partial charge in [0.1, 0.15) is 0 Å². The Morgan fingerprint density at radius 1 is 0.889 bits per heavy atom. The van der Waals surface area contributed by atoms with Gasteiger partial charge in [-0.1, -0.05) is 39.0 Å². The highest BCUT2D eigenvalue weighted by Gasteiger charge is 2.28. The minimum Gasteiger partial charge on any atom is -0.314 e. The molecule has 0 aromatic carbocycles. The van der Waals surface area contributed by atoms with Gasteiger partial charge in [-0.2, -0.15) is 0 Å². The summed E-state index contributed by atoms with van der Waals surface area (Å²) in [7, 11) is 2.40. The van der Waals surface area contributed by atoms with Crippen LogP contribution in [0.2, 0.25) is 0 Å². The SMILES string of the molecule is CCNC1CCCC(N(C)C2CCCCCC2)C1. The topological polar surface area (TPSA) is 15.3 Å². The van der Waals surface area contributed by atoms with E-state index in [0.717, 1.165) is 24.7 Å². The minimum absolute atomic E-state index is 0.780. The highest BCUT2D eigenvalue weighted by atomic mass is 15.2. The quantitative estimate of drug-likeness (QED) is 0.770. The Labute approximate surface area is 114 Å². The fourth-order valence-electron chi connectivity index (χ4n) is 3.97. The lowest BCUT2D eigenvalue weighted by atomic mass is 9.88. The van der Waals surface area contributed by atoms with Crippen LogP contribution < -0.4 is 5.32 Å². The van der Waals surface area contributed by atoms with Crippen LogP contribution in [0.15, 0.2) is 0 Å². The number of hydrogen-bond donors (Lipinski definition) is 1. The van der Waals surface area contributed by atoms with Gasteiger partial charge in [0.05, 0.1) is 0 Å². The van der Waals surface area contributed by atoms with Crippen molar-refractivity contribution in [2.24, 2.45) is 0 Å². The molecule has 0 bridgehead atoms. The Morgan fingerprint density at radius 2 is 1.56 bits per heavy atom. The van der Waals surface area contributed by atoms with Gasteiger partial charge in [-0.3, -0.25) is 0 Å². The standard InChI is InChI=1S/C16H32N2/c1-3-17-14-9-8-12-16(13-14)18(2)15-10-6-4-5-7-11-15/h14-17H,3-13H2,1-2H3. The molecule has 0 amide bonds. The minimum atomic E-state index is 0.780. The second-order valence-corrected chi connectivity index (χ2v) is 6.39. The predicted molar refractivity (Wildman–Crippen MR) is 79.0 cm³/mol. The molecule has 0 aromatic rings. The first kappa shape index (κ1) is 14.3. The van der Waals surface area contributed by atoms with Gasteiger partial charge in [0, 0.05) is 18.1 Å². The Balaban J connectivity index is 1.84. The van der Waals surface area contributed by atoms with Crippen molar-refractivity contribution in [3.8, 4) is 0 Å². The van der Waals surface area contributed by atoms with Crippen molar-refractivity contribution in [2.45, 2.75) is 89.3 Å². The number of nitrogens with zero attached hydrogens (tertiary/aromatic N) is 1. The number of nitrogens with one attached hydrogen (secondary N) is 1. The predicted octanol–water partition coefficient (Wildman–Crippen LogP) is 3.56. The van der Waals surface area contributed by atoms with Gasteiger partial charge in [-0.25, -0.2) is 0 Å². The molecule has 2 nitrogen and oxygen atoms in total. The fraction of sp³-hybridized carbons (Fsp3) is 1.00. The molecule has 2 rings (SSSR count). The number of rotatable bonds is 4. The Morgan fingerprint density at radius 3 is 2.22 bits per heavy atom. The van der Waals surface area contributed by atoms with E-state index in [0.29, 0.717) is 0 Å². The van der Waals surface area contributed by atoms with Crippen molar-refractivity contribution in [3.05, 3.63) is 0 Å². The van der Waals surface area contributed by atoms with Crippen LogP contribution in [0.1, 0.15) is 71.1 Å². The van der Waals surface area contributed by atoms with Gasteiger partial charge in [0.2, 0.25) is 0 Å². The van der Waals surface area contributed by atoms with Crippen LogP contribution in [0.4, 0.5) is 0 Å². The van der Waals surface area contributed by atoms with Crippen molar-refractivity contribution >= 4 is 0 Å². The maximum absolute atomic E-state index is 3.66. The summed E-state index contributed by atoms with van der Waals surface area (Å²) >= 11 is 0. The monoisotopic (exact) mass is 252 g/mol. The Kier molecular flexibility index (Phi) is 5.97. The van der Waals surface area contributed by atoms with Crippen LogP contribution in [0.5, 0.6) is 0 Å². The molecule has 0 saturated heterocycles. The van der Waals surface area contributed by atoms with Gasteiger partial charge in [0.25, 0.3) is 0 Å². The van der Waals surface area contributed by atoms with Crippen LogP contribution in [-0.2, 0) is 0 Å². The molecule has 0 aromatic heterocycles. The molecule has 2 atom stereocenters. The van der Waals surface area contributed by atoms with Gasteiger partial charge in [-0.05, 0) is 45.7 Å². The second-order valence-electron chi connectivity index (χ2n) is 6.39. The van der Waals surface area contributed by atoms with E-state index < -0.39 is 0 Å². The molecule has 2 aliphatic rings. The first-order valence-electron chi connectivity index (χ1n) is 8.26. The average molecular weight is 252 g/mol. The lowest BCUT2D eigenvalue weighted by molar-refractivity contribution is 0.113. The summed E-state index contributed by atoms with van der Waals surface area (Å²) in [6, 6.07) is 2.49. The molecule has 2 saturated carbocycles. The van der Waals surface area contributed by atoms with Crippen molar-refractivity contribution in [2.75, 3.05) is 13.6 Å². The van der Waals surface area contributed by atoms with Crippen LogP contribution in [0.3, 0.4) is 0 Å². The third-order valence-corrected chi connectivity index (χ3v) is 5.12. The van der Waals surface area contributed by atoms with Gasteiger partial charge in [0.15, 0.2) is 0 Å². The van der Waals surface area contributed by atoms with Crippen molar-refractivity contribution in [1.29, 1.82) is 0 Å². The van der Waals surface area contributed by atoms with E-state index in [1.165, 1.54) is 64.2 Å². The zero-order valence-corrected chi connectivity index (χ0v) is 12.5. The largest absolute Gasteiger partial charge is 0.314 e. The Hall–Kier alpha value is -0.0800. The molecule has 106 valence electrons. The maximum atomic E-state index is 3.66. The van der Waals surface area contributed by atoms with Crippen molar-refractivity contribution < 1.29 is 0 Å². The molecule has 1 N–H and O–H groups in total. The third kappa shape index (κ3) is 3.96. The molecule has 2 heteroatoms. The molecular formula is C16H32N2. The highest BCUT2D eigenvalue weighted by Crippen LogP contribution is 2.28. The van der Waals surface area contributed by atoms with E-state index in [9.17, 15) is 0 Å². The van der Waals surface area contributed by atoms with Crippen LogP contribution in [-0.4, -0.2) is 36.6 Å². The Bertz CT molecular complexity index is 219. The summed E-state index contributed by atoms with van der Waals surface area (Å²) in [5.74, 6) is 0. The van der Waals surface area contributed by atoms with Crippen molar-refractivity contribution in [1.82, 2.24) is 10.2 Å². The molecular weight excluding hydrogens is 220 g/mol. The molecule has 2 aliphatic carbocycles. The second kappa shape index (κ2) is 7.49. The van der Waals surface area contributed by atoms with Crippen LogP contribution in [0.25, 0.3) is 0 Å². The summed E-state index contributed by atoms with van der Waals surface area (Å²) in [6.07, 6.45) is 14.3.